The van der Waals surface area contributed by atoms with Gasteiger partial charge in [-0.05, 0) is 58.7 Å². The van der Waals surface area contributed by atoms with E-state index in [2.05, 4.69) is 45.4 Å². The molecule has 1 aromatic rings. The Hall–Kier alpha value is -1.59. The fraction of sp³-hybridized carbons (Fsp3) is 0.667. The summed E-state index contributed by atoms with van der Waals surface area (Å²) in [6, 6.07) is 11.6. The van der Waals surface area contributed by atoms with Crippen molar-refractivity contribution < 1.29 is 9.53 Å². The molecular weight excluding hydrogens is 326 g/mol. The van der Waals surface area contributed by atoms with Crippen molar-refractivity contribution in [1.29, 1.82) is 0 Å². The molecule has 2 fully saturated rings. The Morgan fingerprint density at radius 1 is 1.12 bits per heavy atom. The molecule has 1 unspecified atom stereocenters. The number of alkyl carbamates (subject to hydrolysis) is 1. The topological polar surface area (TPSA) is 44.8 Å². The molecule has 2 aliphatic rings. The van der Waals surface area contributed by atoms with Crippen LogP contribution in [-0.4, -0.2) is 59.8 Å². The van der Waals surface area contributed by atoms with Crippen molar-refractivity contribution in [2.24, 2.45) is 0 Å². The lowest BCUT2D eigenvalue weighted by Crippen LogP contribution is -2.45. The second-order valence-corrected chi connectivity index (χ2v) is 8.62. The number of carbonyl (C=O) groups excluding carboxylic acids is 1. The summed E-state index contributed by atoms with van der Waals surface area (Å²) >= 11 is 0. The number of likely N-dealkylation sites (tertiary alicyclic amines) is 2. The Balaban J connectivity index is 1.39. The van der Waals surface area contributed by atoms with Crippen LogP contribution in [0, 0.1) is 0 Å². The highest BCUT2D eigenvalue weighted by atomic mass is 16.6. The quantitative estimate of drug-likeness (QED) is 0.896. The highest BCUT2D eigenvalue weighted by Gasteiger charge is 2.32. The van der Waals surface area contributed by atoms with Crippen LogP contribution in [0.3, 0.4) is 0 Å². The van der Waals surface area contributed by atoms with Gasteiger partial charge in [0.05, 0.1) is 0 Å². The van der Waals surface area contributed by atoms with Crippen molar-refractivity contribution in [1.82, 2.24) is 15.1 Å². The van der Waals surface area contributed by atoms with Crippen molar-refractivity contribution in [3.63, 3.8) is 0 Å². The Morgan fingerprint density at radius 3 is 2.46 bits per heavy atom. The van der Waals surface area contributed by atoms with Gasteiger partial charge in [-0.25, -0.2) is 4.79 Å². The Labute approximate surface area is 157 Å². The van der Waals surface area contributed by atoms with Crippen LogP contribution in [0.5, 0.6) is 0 Å². The SMILES string of the molecule is CC(C)(C)OC(=O)NC1CCN(C2CCN(Cc3ccccc3)CC2)C1. The molecule has 2 heterocycles. The fourth-order valence-electron chi connectivity index (χ4n) is 4.00. The van der Waals surface area contributed by atoms with Crippen molar-refractivity contribution in [2.75, 3.05) is 26.2 Å². The zero-order chi connectivity index (χ0) is 18.6. The molecule has 0 spiro atoms. The van der Waals surface area contributed by atoms with Crippen molar-refractivity contribution in [2.45, 2.75) is 64.3 Å². The van der Waals surface area contributed by atoms with Gasteiger partial charge in [-0.2, -0.15) is 0 Å². The summed E-state index contributed by atoms with van der Waals surface area (Å²) in [5.74, 6) is 0. The van der Waals surface area contributed by atoms with Gasteiger partial charge in [0.15, 0.2) is 0 Å². The molecule has 26 heavy (non-hydrogen) atoms. The predicted octanol–water partition coefficient (Wildman–Crippen LogP) is 3.25. The maximum absolute atomic E-state index is 12.0. The first kappa shape index (κ1) is 19.2. The molecule has 1 aromatic carbocycles. The number of rotatable bonds is 4. The van der Waals surface area contributed by atoms with Crippen LogP contribution in [0.25, 0.3) is 0 Å². The summed E-state index contributed by atoms with van der Waals surface area (Å²) in [6.45, 7) is 11.1. The van der Waals surface area contributed by atoms with Crippen molar-refractivity contribution >= 4 is 6.09 Å². The van der Waals surface area contributed by atoms with Crippen LogP contribution < -0.4 is 5.32 Å². The molecule has 2 aliphatic heterocycles. The van der Waals surface area contributed by atoms with E-state index in [-0.39, 0.29) is 12.1 Å². The summed E-state index contributed by atoms with van der Waals surface area (Å²) in [5, 5.41) is 3.03. The molecule has 144 valence electrons. The van der Waals surface area contributed by atoms with Gasteiger partial charge < -0.3 is 10.1 Å². The van der Waals surface area contributed by atoms with E-state index in [1.165, 1.54) is 18.4 Å². The number of hydrogen-bond donors (Lipinski definition) is 1. The Morgan fingerprint density at radius 2 is 1.81 bits per heavy atom. The third kappa shape index (κ3) is 5.71. The Kier molecular flexibility index (Phi) is 6.20. The van der Waals surface area contributed by atoms with Crippen LogP contribution in [0.1, 0.15) is 45.6 Å². The number of amides is 1. The molecule has 1 amide bonds. The van der Waals surface area contributed by atoms with Crippen LogP contribution in [0.4, 0.5) is 4.79 Å². The summed E-state index contributed by atoms with van der Waals surface area (Å²) in [5.41, 5.74) is 0.960. The maximum atomic E-state index is 12.0. The van der Waals surface area contributed by atoms with E-state index >= 15 is 0 Å². The minimum absolute atomic E-state index is 0.215. The third-order valence-corrected chi connectivity index (χ3v) is 5.26. The summed E-state index contributed by atoms with van der Waals surface area (Å²) in [6.07, 6.45) is 3.16. The lowest BCUT2D eigenvalue weighted by molar-refractivity contribution is 0.0501. The van der Waals surface area contributed by atoms with Gasteiger partial charge in [-0.1, -0.05) is 30.3 Å². The van der Waals surface area contributed by atoms with E-state index < -0.39 is 5.60 Å². The first-order chi connectivity index (χ1) is 12.4. The third-order valence-electron chi connectivity index (χ3n) is 5.26. The zero-order valence-electron chi connectivity index (χ0n) is 16.4. The maximum Gasteiger partial charge on any atom is 0.407 e. The number of carbonyl (C=O) groups is 1. The van der Waals surface area contributed by atoms with E-state index in [1.807, 2.05) is 20.8 Å². The summed E-state index contributed by atoms with van der Waals surface area (Å²) in [7, 11) is 0. The van der Waals surface area contributed by atoms with Crippen molar-refractivity contribution in [3.8, 4) is 0 Å². The average Bonchev–Trinajstić information content (AvgIpc) is 3.03. The number of piperidine rings is 1. The van der Waals surface area contributed by atoms with Gasteiger partial charge in [0.2, 0.25) is 0 Å². The number of nitrogens with zero attached hydrogens (tertiary/aromatic N) is 2. The first-order valence-electron chi connectivity index (χ1n) is 9.89. The van der Waals surface area contributed by atoms with Gasteiger partial charge >= 0.3 is 6.09 Å². The molecule has 3 rings (SSSR count). The molecule has 0 saturated carbocycles. The van der Waals surface area contributed by atoms with Gasteiger partial charge in [0, 0.05) is 31.7 Å². The molecule has 0 aromatic heterocycles. The lowest BCUT2D eigenvalue weighted by atomic mass is 10.0. The second-order valence-electron chi connectivity index (χ2n) is 8.62. The number of hydrogen-bond acceptors (Lipinski definition) is 4. The number of nitrogens with one attached hydrogen (secondary N) is 1. The van der Waals surface area contributed by atoms with Gasteiger partial charge in [-0.15, -0.1) is 0 Å². The number of benzene rings is 1. The fourth-order valence-corrected chi connectivity index (χ4v) is 4.00. The van der Waals surface area contributed by atoms with Gasteiger partial charge in [-0.3, -0.25) is 9.80 Å². The van der Waals surface area contributed by atoms with E-state index in [9.17, 15) is 4.79 Å². The molecule has 0 radical (unpaired) electrons. The predicted molar refractivity (Wildman–Crippen MR) is 104 cm³/mol. The molecule has 5 nitrogen and oxygen atoms in total. The molecule has 5 heteroatoms. The van der Waals surface area contributed by atoms with E-state index in [1.54, 1.807) is 0 Å². The molecule has 1 atom stereocenters. The van der Waals surface area contributed by atoms with Gasteiger partial charge in [0.1, 0.15) is 5.60 Å². The van der Waals surface area contributed by atoms with Crippen LogP contribution in [0.15, 0.2) is 30.3 Å². The lowest BCUT2D eigenvalue weighted by Gasteiger charge is -2.36. The zero-order valence-corrected chi connectivity index (χ0v) is 16.4. The van der Waals surface area contributed by atoms with Crippen molar-refractivity contribution in [3.05, 3.63) is 35.9 Å². The Bertz CT molecular complexity index is 577. The summed E-state index contributed by atoms with van der Waals surface area (Å²) < 4.78 is 5.38. The summed E-state index contributed by atoms with van der Waals surface area (Å²) in [4.78, 5) is 17.1. The minimum Gasteiger partial charge on any atom is -0.444 e. The second kappa shape index (κ2) is 8.40. The number of ether oxygens (including phenoxy) is 1. The normalized spacial score (nSPS) is 23.1. The standard InChI is InChI=1S/C21H33N3O2/c1-21(2,3)26-20(25)22-18-9-14-24(16-18)19-10-12-23(13-11-19)15-17-7-5-4-6-8-17/h4-8,18-19H,9-16H2,1-3H3,(H,22,25). The monoisotopic (exact) mass is 359 g/mol. The van der Waals surface area contributed by atoms with Crippen LogP contribution in [-0.2, 0) is 11.3 Å². The molecule has 2 saturated heterocycles. The average molecular weight is 360 g/mol. The largest absolute Gasteiger partial charge is 0.444 e. The van der Waals surface area contributed by atoms with Gasteiger partial charge in [0.25, 0.3) is 0 Å². The van der Waals surface area contributed by atoms with E-state index in [0.29, 0.717) is 6.04 Å². The molecular formula is C21H33N3O2. The highest BCUT2D eigenvalue weighted by molar-refractivity contribution is 5.68. The van der Waals surface area contributed by atoms with E-state index in [4.69, 9.17) is 4.74 Å². The van der Waals surface area contributed by atoms with Crippen LogP contribution in [0.2, 0.25) is 0 Å². The highest BCUT2D eigenvalue weighted by Crippen LogP contribution is 2.22. The smallest absolute Gasteiger partial charge is 0.407 e. The molecule has 0 bridgehead atoms. The molecule has 1 N–H and O–H groups in total. The first-order valence-corrected chi connectivity index (χ1v) is 9.89. The van der Waals surface area contributed by atoms with E-state index in [0.717, 1.165) is 39.1 Å². The van der Waals surface area contributed by atoms with Crippen LogP contribution >= 0.6 is 0 Å². The molecule has 0 aliphatic carbocycles. The minimum atomic E-state index is -0.437.